The van der Waals surface area contributed by atoms with E-state index >= 15 is 0 Å². The van der Waals surface area contributed by atoms with Crippen LogP contribution in [0.3, 0.4) is 0 Å². The highest BCUT2D eigenvalue weighted by atomic mass is 16.5. The molecule has 1 fully saturated rings. The summed E-state index contributed by atoms with van der Waals surface area (Å²) in [4.78, 5) is 0. The Balaban J connectivity index is 1.88. The first-order valence-corrected chi connectivity index (χ1v) is 8.94. The van der Waals surface area contributed by atoms with Crippen molar-refractivity contribution >= 4 is 0 Å². The first kappa shape index (κ1) is 16.4. The number of benzene rings is 1. The first-order chi connectivity index (χ1) is 10.2. The van der Waals surface area contributed by atoms with Gasteiger partial charge in [0.1, 0.15) is 5.75 Å². The zero-order valence-electron chi connectivity index (χ0n) is 14.0. The van der Waals surface area contributed by atoms with E-state index < -0.39 is 0 Å². The van der Waals surface area contributed by atoms with Crippen molar-refractivity contribution in [2.24, 2.45) is 5.41 Å². The van der Waals surface area contributed by atoms with Crippen LogP contribution in [0.25, 0.3) is 0 Å². The molecule has 1 heteroatoms. The van der Waals surface area contributed by atoms with Gasteiger partial charge in [-0.2, -0.15) is 0 Å². The number of ether oxygens (including phenoxy) is 1. The molecule has 1 saturated carbocycles. The highest BCUT2D eigenvalue weighted by Gasteiger charge is 2.24. The van der Waals surface area contributed by atoms with E-state index in [2.05, 4.69) is 38.1 Å². The minimum atomic E-state index is 0.556. The van der Waals surface area contributed by atoms with Gasteiger partial charge < -0.3 is 4.74 Å². The lowest BCUT2D eigenvalue weighted by Crippen LogP contribution is -2.19. The van der Waals surface area contributed by atoms with Gasteiger partial charge in [-0.1, -0.05) is 58.1 Å². The highest BCUT2D eigenvalue weighted by Crippen LogP contribution is 2.37. The average molecular weight is 288 g/mol. The summed E-state index contributed by atoms with van der Waals surface area (Å²) in [6.45, 7) is 5.48. The fourth-order valence-electron chi connectivity index (χ4n) is 3.47. The third kappa shape index (κ3) is 5.73. The predicted octanol–water partition coefficient (Wildman–Crippen LogP) is 6.16. The molecule has 0 unspecified atom stereocenters. The molecule has 1 aromatic carbocycles. The minimum absolute atomic E-state index is 0.556. The molecule has 2 rings (SSSR count). The second-order valence-electron chi connectivity index (χ2n) is 7.07. The molecule has 1 aliphatic rings. The van der Waals surface area contributed by atoms with Crippen molar-refractivity contribution in [3.05, 3.63) is 29.8 Å². The molecule has 0 aromatic heterocycles. The summed E-state index contributed by atoms with van der Waals surface area (Å²) in [6.07, 6.45) is 13.6. The molecule has 0 radical (unpaired) electrons. The maximum atomic E-state index is 5.75. The molecule has 1 nitrogen and oxygen atoms in total. The Labute approximate surface area is 131 Å². The van der Waals surface area contributed by atoms with E-state index in [0.29, 0.717) is 5.41 Å². The zero-order valence-corrected chi connectivity index (χ0v) is 14.0. The van der Waals surface area contributed by atoms with Crippen LogP contribution < -0.4 is 4.74 Å². The van der Waals surface area contributed by atoms with Gasteiger partial charge in [0.15, 0.2) is 0 Å². The third-order valence-electron chi connectivity index (χ3n) is 4.95. The Morgan fingerprint density at radius 2 is 1.76 bits per heavy atom. The van der Waals surface area contributed by atoms with E-state index in [-0.39, 0.29) is 0 Å². The number of rotatable bonds is 6. The zero-order chi connectivity index (χ0) is 15.0. The maximum absolute atomic E-state index is 5.75. The molecule has 0 aliphatic heterocycles. The first-order valence-electron chi connectivity index (χ1n) is 8.94. The van der Waals surface area contributed by atoms with E-state index in [1.54, 1.807) is 0 Å². The topological polar surface area (TPSA) is 9.23 Å². The number of hydrogen-bond acceptors (Lipinski definition) is 1. The molecule has 0 N–H and O–H groups in total. The van der Waals surface area contributed by atoms with Gasteiger partial charge in [-0.05, 0) is 55.2 Å². The molecule has 118 valence electrons. The molecule has 0 bridgehead atoms. The standard InChI is InChI=1S/C20H32O/c1-3-16-21-19-11-9-10-18(17-19)12-15-20(2)13-7-5-4-6-8-14-20/h9-11,17H,3-8,12-16H2,1-2H3. The maximum Gasteiger partial charge on any atom is 0.119 e. The van der Waals surface area contributed by atoms with Crippen molar-refractivity contribution in [3.63, 3.8) is 0 Å². The Morgan fingerprint density at radius 3 is 2.48 bits per heavy atom. The summed E-state index contributed by atoms with van der Waals surface area (Å²) in [5.41, 5.74) is 1.99. The Hall–Kier alpha value is -0.980. The minimum Gasteiger partial charge on any atom is -0.494 e. The van der Waals surface area contributed by atoms with Gasteiger partial charge in [0.05, 0.1) is 6.61 Å². The summed E-state index contributed by atoms with van der Waals surface area (Å²) < 4.78 is 5.75. The van der Waals surface area contributed by atoms with Crippen molar-refractivity contribution in [3.8, 4) is 5.75 Å². The SMILES string of the molecule is CCCOc1cccc(CCC2(C)CCCCCCC2)c1. The summed E-state index contributed by atoms with van der Waals surface area (Å²) in [6, 6.07) is 8.71. The molecule has 0 heterocycles. The van der Waals surface area contributed by atoms with Crippen molar-refractivity contribution in [2.75, 3.05) is 6.61 Å². The summed E-state index contributed by atoms with van der Waals surface area (Å²) in [5.74, 6) is 1.04. The van der Waals surface area contributed by atoms with Gasteiger partial charge in [-0.15, -0.1) is 0 Å². The summed E-state index contributed by atoms with van der Waals surface area (Å²) >= 11 is 0. The normalized spacial score (nSPS) is 18.8. The van der Waals surface area contributed by atoms with Gasteiger partial charge in [0, 0.05) is 0 Å². The largest absolute Gasteiger partial charge is 0.494 e. The van der Waals surface area contributed by atoms with Crippen molar-refractivity contribution in [1.82, 2.24) is 0 Å². The van der Waals surface area contributed by atoms with Gasteiger partial charge in [-0.25, -0.2) is 0 Å². The van der Waals surface area contributed by atoms with E-state index in [1.165, 1.54) is 63.4 Å². The number of hydrogen-bond donors (Lipinski definition) is 0. The number of aryl methyl sites for hydroxylation is 1. The van der Waals surface area contributed by atoms with E-state index in [0.717, 1.165) is 18.8 Å². The van der Waals surface area contributed by atoms with Gasteiger partial charge in [-0.3, -0.25) is 0 Å². The summed E-state index contributed by atoms with van der Waals surface area (Å²) in [5, 5.41) is 0. The Bertz CT molecular complexity index is 402. The van der Waals surface area contributed by atoms with Crippen LogP contribution in [-0.2, 0) is 6.42 Å². The molecule has 1 aliphatic carbocycles. The van der Waals surface area contributed by atoms with Crippen LogP contribution in [0.1, 0.15) is 77.2 Å². The van der Waals surface area contributed by atoms with Gasteiger partial charge >= 0.3 is 0 Å². The van der Waals surface area contributed by atoms with Crippen LogP contribution in [0.5, 0.6) is 5.75 Å². The van der Waals surface area contributed by atoms with Crippen LogP contribution in [0.4, 0.5) is 0 Å². The van der Waals surface area contributed by atoms with Gasteiger partial charge in [0.25, 0.3) is 0 Å². The molecular formula is C20H32O. The molecule has 0 saturated heterocycles. The van der Waals surface area contributed by atoms with E-state index in [9.17, 15) is 0 Å². The van der Waals surface area contributed by atoms with Crippen LogP contribution in [0, 0.1) is 5.41 Å². The molecule has 0 spiro atoms. The second kappa shape index (κ2) is 8.46. The fraction of sp³-hybridized carbons (Fsp3) is 0.700. The summed E-state index contributed by atoms with van der Waals surface area (Å²) in [7, 11) is 0. The lowest BCUT2D eigenvalue weighted by atomic mass is 9.74. The molecule has 0 atom stereocenters. The van der Waals surface area contributed by atoms with Gasteiger partial charge in [0.2, 0.25) is 0 Å². The fourth-order valence-corrected chi connectivity index (χ4v) is 3.47. The van der Waals surface area contributed by atoms with Crippen LogP contribution in [0.2, 0.25) is 0 Å². The van der Waals surface area contributed by atoms with E-state index in [4.69, 9.17) is 4.74 Å². The smallest absolute Gasteiger partial charge is 0.119 e. The molecular weight excluding hydrogens is 256 g/mol. The van der Waals surface area contributed by atoms with Crippen molar-refractivity contribution < 1.29 is 4.74 Å². The molecule has 0 amide bonds. The van der Waals surface area contributed by atoms with E-state index in [1.807, 2.05) is 0 Å². The van der Waals surface area contributed by atoms with Crippen molar-refractivity contribution in [2.45, 2.75) is 78.1 Å². The highest BCUT2D eigenvalue weighted by molar-refractivity contribution is 5.28. The Kier molecular flexibility index (Phi) is 6.60. The van der Waals surface area contributed by atoms with Crippen LogP contribution >= 0.6 is 0 Å². The molecule has 1 aromatic rings. The monoisotopic (exact) mass is 288 g/mol. The lowest BCUT2D eigenvalue weighted by molar-refractivity contribution is 0.219. The quantitative estimate of drug-likeness (QED) is 0.609. The lowest BCUT2D eigenvalue weighted by Gasteiger charge is -2.31. The Morgan fingerprint density at radius 1 is 1.05 bits per heavy atom. The second-order valence-corrected chi connectivity index (χ2v) is 7.07. The predicted molar refractivity (Wildman–Crippen MR) is 91.0 cm³/mol. The molecule has 21 heavy (non-hydrogen) atoms. The van der Waals surface area contributed by atoms with Crippen LogP contribution in [0.15, 0.2) is 24.3 Å². The average Bonchev–Trinajstić information content (AvgIpc) is 2.48. The van der Waals surface area contributed by atoms with Crippen LogP contribution in [-0.4, -0.2) is 6.61 Å². The van der Waals surface area contributed by atoms with Crippen molar-refractivity contribution in [1.29, 1.82) is 0 Å². The third-order valence-corrected chi connectivity index (χ3v) is 4.95.